The van der Waals surface area contributed by atoms with Crippen LogP contribution in [0, 0.1) is 0 Å². The standard InChI is InChI=1S/C10H16ClN3O/c1-10(2,3)13-4-5-14-7-8(11)6-12-9(14)15/h6-7,13H,4-5H2,1-3H3. The zero-order chi connectivity index (χ0) is 11.5. The number of hydrogen-bond donors (Lipinski definition) is 1. The Balaban J connectivity index is 2.58. The Morgan fingerprint density at radius 3 is 2.80 bits per heavy atom. The van der Waals surface area contributed by atoms with E-state index in [4.69, 9.17) is 11.6 Å². The molecular weight excluding hydrogens is 214 g/mol. The van der Waals surface area contributed by atoms with Gasteiger partial charge in [0.15, 0.2) is 0 Å². The van der Waals surface area contributed by atoms with Gasteiger partial charge in [-0.15, -0.1) is 0 Å². The van der Waals surface area contributed by atoms with E-state index in [0.717, 1.165) is 0 Å². The van der Waals surface area contributed by atoms with Crippen molar-refractivity contribution in [2.75, 3.05) is 6.54 Å². The van der Waals surface area contributed by atoms with Gasteiger partial charge in [-0.05, 0) is 20.8 Å². The first kappa shape index (κ1) is 12.2. The highest BCUT2D eigenvalue weighted by atomic mass is 35.5. The second-order valence-electron chi connectivity index (χ2n) is 4.42. The minimum Gasteiger partial charge on any atom is -0.310 e. The summed E-state index contributed by atoms with van der Waals surface area (Å²) in [5, 5.41) is 3.76. The Morgan fingerprint density at radius 2 is 2.20 bits per heavy atom. The lowest BCUT2D eigenvalue weighted by atomic mass is 10.1. The van der Waals surface area contributed by atoms with Gasteiger partial charge < -0.3 is 5.32 Å². The molecule has 15 heavy (non-hydrogen) atoms. The lowest BCUT2D eigenvalue weighted by Crippen LogP contribution is -2.39. The molecule has 0 amide bonds. The van der Waals surface area contributed by atoms with Crippen molar-refractivity contribution in [1.82, 2.24) is 14.9 Å². The molecule has 0 aliphatic heterocycles. The lowest BCUT2D eigenvalue weighted by molar-refractivity contribution is 0.409. The summed E-state index contributed by atoms with van der Waals surface area (Å²) in [6.07, 6.45) is 2.96. The van der Waals surface area contributed by atoms with Crippen LogP contribution in [0.25, 0.3) is 0 Å². The summed E-state index contributed by atoms with van der Waals surface area (Å²) in [7, 11) is 0. The first-order valence-electron chi connectivity index (χ1n) is 4.85. The van der Waals surface area contributed by atoms with Gasteiger partial charge in [0, 0.05) is 24.8 Å². The summed E-state index contributed by atoms with van der Waals surface area (Å²) in [6.45, 7) is 7.51. The fourth-order valence-electron chi connectivity index (χ4n) is 1.14. The third-order valence-electron chi connectivity index (χ3n) is 1.83. The van der Waals surface area contributed by atoms with Crippen molar-refractivity contribution in [3.05, 3.63) is 27.9 Å². The highest BCUT2D eigenvalue weighted by Gasteiger charge is 2.07. The average Bonchev–Trinajstić information content (AvgIpc) is 2.09. The lowest BCUT2D eigenvalue weighted by Gasteiger charge is -2.20. The smallest absolute Gasteiger partial charge is 0.310 e. The average molecular weight is 230 g/mol. The molecule has 0 spiro atoms. The number of nitrogens with one attached hydrogen (secondary N) is 1. The molecule has 1 N–H and O–H groups in total. The molecule has 0 saturated heterocycles. The third-order valence-corrected chi connectivity index (χ3v) is 2.03. The van der Waals surface area contributed by atoms with Crippen molar-refractivity contribution in [2.24, 2.45) is 0 Å². The number of nitrogens with zero attached hydrogens (tertiary/aromatic N) is 2. The van der Waals surface area contributed by atoms with Crippen molar-refractivity contribution in [3.63, 3.8) is 0 Å². The SMILES string of the molecule is CC(C)(C)NCCn1cc(Cl)cnc1=O. The molecular formula is C10H16ClN3O. The molecule has 0 unspecified atom stereocenters. The molecule has 0 bridgehead atoms. The zero-order valence-corrected chi connectivity index (χ0v) is 10.0. The summed E-state index contributed by atoms with van der Waals surface area (Å²) >= 11 is 5.74. The van der Waals surface area contributed by atoms with Gasteiger partial charge in [0.2, 0.25) is 0 Å². The van der Waals surface area contributed by atoms with Crippen molar-refractivity contribution < 1.29 is 0 Å². The van der Waals surface area contributed by atoms with Gasteiger partial charge in [-0.3, -0.25) is 4.57 Å². The number of hydrogen-bond acceptors (Lipinski definition) is 3. The molecule has 0 saturated carbocycles. The largest absolute Gasteiger partial charge is 0.347 e. The van der Waals surface area contributed by atoms with Gasteiger partial charge >= 0.3 is 5.69 Å². The zero-order valence-electron chi connectivity index (χ0n) is 9.25. The van der Waals surface area contributed by atoms with Gasteiger partial charge in [-0.1, -0.05) is 11.6 Å². The van der Waals surface area contributed by atoms with Gasteiger partial charge in [0.25, 0.3) is 0 Å². The number of halogens is 1. The van der Waals surface area contributed by atoms with Crippen molar-refractivity contribution >= 4 is 11.6 Å². The van der Waals surface area contributed by atoms with Crippen molar-refractivity contribution in [2.45, 2.75) is 32.9 Å². The van der Waals surface area contributed by atoms with E-state index in [0.29, 0.717) is 18.1 Å². The first-order valence-corrected chi connectivity index (χ1v) is 5.23. The topological polar surface area (TPSA) is 46.9 Å². The summed E-state index contributed by atoms with van der Waals surface area (Å²) in [4.78, 5) is 14.9. The fraction of sp³-hybridized carbons (Fsp3) is 0.600. The quantitative estimate of drug-likeness (QED) is 0.850. The second-order valence-corrected chi connectivity index (χ2v) is 4.86. The molecule has 84 valence electrons. The van der Waals surface area contributed by atoms with Gasteiger partial charge in [-0.25, -0.2) is 9.78 Å². The van der Waals surface area contributed by atoms with Crippen LogP contribution in [-0.2, 0) is 6.54 Å². The predicted octanol–water partition coefficient (Wildman–Crippen LogP) is 1.28. The molecule has 0 radical (unpaired) electrons. The van der Waals surface area contributed by atoms with E-state index in [9.17, 15) is 4.79 Å². The highest BCUT2D eigenvalue weighted by molar-refractivity contribution is 6.30. The van der Waals surface area contributed by atoms with Gasteiger partial charge in [0.1, 0.15) is 0 Å². The molecule has 5 heteroatoms. The third kappa shape index (κ3) is 4.44. The Labute approximate surface area is 94.3 Å². The van der Waals surface area contributed by atoms with E-state index in [1.807, 2.05) is 0 Å². The number of rotatable bonds is 3. The van der Waals surface area contributed by atoms with Crippen LogP contribution >= 0.6 is 11.6 Å². The van der Waals surface area contributed by atoms with E-state index >= 15 is 0 Å². The molecule has 0 aliphatic rings. The van der Waals surface area contributed by atoms with E-state index in [-0.39, 0.29) is 11.2 Å². The highest BCUT2D eigenvalue weighted by Crippen LogP contribution is 2.01. The Kier molecular flexibility index (Phi) is 3.88. The summed E-state index contributed by atoms with van der Waals surface area (Å²) in [5.41, 5.74) is -0.217. The predicted molar refractivity (Wildman–Crippen MR) is 61.3 cm³/mol. The van der Waals surface area contributed by atoms with Crippen LogP contribution in [0.4, 0.5) is 0 Å². The summed E-state index contributed by atoms with van der Waals surface area (Å²) < 4.78 is 1.50. The number of aromatic nitrogens is 2. The van der Waals surface area contributed by atoms with E-state index in [1.165, 1.54) is 10.8 Å². The normalized spacial score (nSPS) is 11.7. The van der Waals surface area contributed by atoms with Crippen LogP contribution < -0.4 is 11.0 Å². The summed E-state index contributed by atoms with van der Waals surface area (Å²) in [5.74, 6) is 0. The maximum Gasteiger partial charge on any atom is 0.347 e. The van der Waals surface area contributed by atoms with E-state index in [2.05, 4.69) is 31.1 Å². The van der Waals surface area contributed by atoms with Crippen LogP contribution in [0.2, 0.25) is 5.02 Å². The molecule has 1 aromatic heterocycles. The molecule has 1 rings (SSSR count). The molecule has 0 aromatic carbocycles. The van der Waals surface area contributed by atoms with E-state index in [1.54, 1.807) is 6.20 Å². The maximum atomic E-state index is 11.3. The van der Waals surface area contributed by atoms with Crippen molar-refractivity contribution in [1.29, 1.82) is 0 Å². The Morgan fingerprint density at radius 1 is 1.53 bits per heavy atom. The minimum absolute atomic E-state index is 0.0512. The molecule has 1 aromatic rings. The first-order chi connectivity index (χ1) is 6.88. The summed E-state index contributed by atoms with van der Waals surface area (Å²) in [6, 6.07) is 0. The monoisotopic (exact) mass is 229 g/mol. The maximum absolute atomic E-state index is 11.3. The van der Waals surface area contributed by atoms with Crippen molar-refractivity contribution in [3.8, 4) is 0 Å². The molecule has 4 nitrogen and oxygen atoms in total. The fourth-order valence-corrected chi connectivity index (χ4v) is 1.31. The van der Waals surface area contributed by atoms with Crippen LogP contribution in [0.5, 0.6) is 0 Å². The minimum atomic E-state index is -0.268. The second kappa shape index (κ2) is 4.77. The van der Waals surface area contributed by atoms with Crippen LogP contribution in [0.3, 0.4) is 0 Å². The molecule has 0 atom stereocenters. The molecule has 1 heterocycles. The Hall–Kier alpha value is -0.870. The molecule has 0 aliphatic carbocycles. The van der Waals surface area contributed by atoms with Crippen LogP contribution in [-0.4, -0.2) is 21.6 Å². The van der Waals surface area contributed by atoms with E-state index < -0.39 is 0 Å². The molecule has 0 fully saturated rings. The van der Waals surface area contributed by atoms with Crippen LogP contribution in [0.1, 0.15) is 20.8 Å². The van der Waals surface area contributed by atoms with Crippen LogP contribution in [0.15, 0.2) is 17.2 Å². The van der Waals surface area contributed by atoms with Gasteiger partial charge in [0.05, 0.1) is 11.2 Å². The van der Waals surface area contributed by atoms with Gasteiger partial charge in [-0.2, -0.15) is 0 Å². The Bertz CT molecular complexity index is 381.